The van der Waals surface area contributed by atoms with Gasteiger partial charge < -0.3 is 9.84 Å². The quantitative estimate of drug-likeness (QED) is 0.343. The average Bonchev–Trinajstić information content (AvgIpc) is 2.91. The molecule has 2 N–H and O–H groups in total. The first-order valence-corrected chi connectivity index (χ1v) is 7.64. The molecule has 9 nitrogen and oxygen atoms in total. The lowest BCUT2D eigenvalue weighted by Gasteiger charge is -2.06. The molecule has 10 heteroatoms. The molecule has 0 aliphatic carbocycles. The van der Waals surface area contributed by atoms with Crippen molar-refractivity contribution >= 4 is 24.1 Å². The SMILES string of the molecule is CCCCc1n[nH]c(=S)n1/N=C/c1cc([N+](=O)[O-])cc(OC)c1O. The number of aromatic hydroxyl groups is 1. The maximum atomic E-state index is 11.0. The van der Waals surface area contributed by atoms with Crippen molar-refractivity contribution in [1.29, 1.82) is 0 Å². The normalized spacial score (nSPS) is 11.1. The van der Waals surface area contributed by atoms with Crippen molar-refractivity contribution < 1.29 is 14.8 Å². The van der Waals surface area contributed by atoms with Crippen LogP contribution in [0.4, 0.5) is 5.69 Å². The zero-order valence-electron chi connectivity index (χ0n) is 13.2. The number of ether oxygens (including phenoxy) is 1. The van der Waals surface area contributed by atoms with Crippen LogP contribution in [0.5, 0.6) is 11.5 Å². The summed E-state index contributed by atoms with van der Waals surface area (Å²) in [6, 6.07) is 2.35. The van der Waals surface area contributed by atoms with Gasteiger partial charge in [-0.05, 0) is 18.6 Å². The average molecular weight is 351 g/mol. The van der Waals surface area contributed by atoms with Gasteiger partial charge in [-0.3, -0.25) is 15.2 Å². The molecule has 0 amide bonds. The topological polar surface area (TPSA) is 119 Å². The number of phenolic OH excluding ortho intramolecular Hbond substituents is 1. The Balaban J connectivity index is 2.42. The van der Waals surface area contributed by atoms with Crippen LogP contribution in [0, 0.1) is 14.9 Å². The first-order valence-electron chi connectivity index (χ1n) is 7.24. The highest BCUT2D eigenvalue weighted by molar-refractivity contribution is 7.71. The van der Waals surface area contributed by atoms with Crippen molar-refractivity contribution in [3.63, 3.8) is 0 Å². The second kappa shape index (κ2) is 7.68. The van der Waals surface area contributed by atoms with Crippen LogP contribution in [0.25, 0.3) is 0 Å². The standard InChI is InChI=1S/C14H17N5O4S/c1-3-4-5-12-16-17-14(24)18(12)15-8-9-6-10(19(21)22)7-11(23-2)13(9)20/h6-8,20H,3-5H2,1-2H3,(H,17,24)/b15-8+. The third-order valence-electron chi connectivity index (χ3n) is 3.30. The second-order valence-electron chi connectivity index (χ2n) is 4.95. The minimum atomic E-state index is -0.574. The van der Waals surface area contributed by atoms with Gasteiger partial charge in [0.2, 0.25) is 4.77 Å². The van der Waals surface area contributed by atoms with Crippen LogP contribution in [-0.2, 0) is 6.42 Å². The first-order chi connectivity index (χ1) is 11.5. The summed E-state index contributed by atoms with van der Waals surface area (Å²) >= 11 is 5.12. The molecule has 0 atom stereocenters. The van der Waals surface area contributed by atoms with Crippen molar-refractivity contribution in [3.05, 3.63) is 38.4 Å². The predicted molar refractivity (Wildman–Crippen MR) is 90.3 cm³/mol. The number of non-ortho nitro benzene ring substituents is 1. The molecule has 24 heavy (non-hydrogen) atoms. The Morgan fingerprint density at radius 1 is 1.58 bits per heavy atom. The van der Waals surface area contributed by atoms with Gasteiger partial charge in [0.15, 0.2) is 17.3 Å². The van der Waals surface area contributed by atoms with Gasteiger partial charge in [-0.2, -0.15) is 14.9 Å². The summed E-state index contributed by atoms with van der Waals surface area (Å²) in [5.41, 5.74) is -0.0707. The number of H-pyrrole nitrogens is 1. The van der Waals surface area contributed by atoms with Gasteiger partial charge in [0.05, 0.1) is 24.3 Å². The minimum absolute atomic E-state index is 0.00681. The van der Waals surface area contributed by atoms with Crippen molar-refractivity contribution in [1.82, 2.24) is 14.9 Å². The Labute approximate surface area is 142 Å². The van der Waals surface area contributed by atoms with E-state index >= 15 is 0 Å². The molecular weight excluding hydrogens is 334 g/mol. The van der Waals surface area contributed by atoms with E-state index in [9.17, 15) is 15.2 Å². The van der Waals surface area contributed by atoms with Gasteiger partial charge in [-0.15, -0.1) is 0 Å². The van der Waals surface area contributed by atoms with Gasteiger partial charge in [-0.25, -0.2) is 0 Å². The van der Waals surface area contributed by atoms with Crippen molar-refractivity contribution in [2.45, 2.75) is 26.2 Å². The molecule has 128 valence electrons. The number of aryl methyl sites for hydroxylation is 1. The summed E-state index contributed by atoms with van der Waals surface area (Å²) in [6.07, 6.45) is 3.88. The number of hydrogen-bond donors (Lipinski definition) is 2. The highest BCUT2D eigenvalue weighted by atomic mass is 32.1. The fourth-order valence-corrected chi connectivity index (χ4v) is 2.23. The molecule has 1 aromatic carbocycles. The first kappa shape index (κ1) is 17.6. The molecule has 0 unspecified atom stereocenters. The van der Waals surface area contributed by atoms with E-state index in [-0.39, 0.29) is 22.7 Å². The molecule has 0 fully saturated rings. The Hall–Kier alpha value is -2.75. The number of benzene rings is 1. The number of aromatic nitrogens is 3. The second-order valence-corrected chi connectivity index (χ2v) is 5.33. The summed E-state index contributed by atoms with van der Waals surface area (Å²) in [5, 5.41) is 32.0. The summed E-state index contributed by atoms with van der Waals surface area (Å²) in [7, 11) is 1.31. The molecule has 0 saturated heterocycles. The number of aromatic amines is 1. The lowest BCUT2D eigenvalue weighted by molar-refractivity contribution is -0.385. The van der Waals surface area contributed by atoms with E-state index in [0.717, 1.165) is 18.9 Å². The van der Waals surface area contributed by atoms with E-state index < -0.39 is 4.92 Å². The van der Waals surface area contributed by atoms with Gasteiger partial charge in [0, 0.05) is 18.1 Å². The van der Waals surface area contributed by atoms with Crippen LogP contribution in [0.1, 0.15) is 31.2 Å². The van der Waals surface area contributed by atoms with E-state index in [1.807, 2.05) is 0 Å². The molecule has 0 saturated carbocycles. The molecule has 0 aliphatic rings. The summed E-state index contributed by atoms with van der Waals surface area (Å²) in [5.74, 6) is 0.402. The fraction of sp³-hybridized carbons (Fsp3) is 0.357. The Bertz CT molecular complexity index is 827. The molecule has 2 rings (SSSR count). The zero-order chi connectivity index (χ0) is 17.7. The van der Waals surface area contributed by atoms with Gasteiger partial charge in [-0.1, -0.05) is 13.3 Å². The smallest absolute Gasteiger partial charge is 0.274 e. The highest BCUT2D eigenvalue weighted by Gasteiger charge is 2.16. The maximum Gasteiger partial charge on any atom is 0.274 e. The predicted octanol–water partition coefficient (Wildman–Crippen LogP) is 2.79. The van der Waals surface area contributed by atoms with Crippen molar-refractivity contribution in [2.75, 3.05) is 7.11 Å². The van der Waals surface area contributed by atoms with Crippen LogP contribution in [0.3, 0.4) is 0 Å². The molecule has 0 aliphatic heterocycles. The fourth-order valence-electron chi connectivity index (χ4n) is 2.03. The third kappa shape index (κ3) is 3.77. The summed E-state index contributed by atoms with van der Waals surface area (Å²) in [4.78, 5) is 10.4. The van der Waals surface area contributed by atoms with Crippen LogP contribution in [-0.4, -0.2) is 38.2 Å². The summed E-state index contributed by atoms with van der Waals surface area (Å²) < 4.78 is 6.68. The monoisotopic (exact) mass is 351 g/mol. The molecule has 1 aromatic heterocycles. The number of phenols is 1. The summed E-state index contributed by atoms with van der Waals surface area (Å²) in [6.45, 7) is 2.06. The molecule has 0 radical (unpaired) electrons. The number of nitro groups is 1. The van der Waals surface area contributed by atoms with E-state index in [0.29, 0.717) is 17.0 Å². The van der Waals surface area contributed by atoms with E-state index in [1.165, 1.54) is 24.1 Å². The minimum Gasteiger partial charge on any atom is -0.504 e. The number of hydrogen-bond acceptors (Lipinski definition) is 7. The highest BCUT2D eigenvalue weighted by Crippen LogP contribution is 2.33. The maximum absolute atomic E-state index is 11.0. The van der Waals surface area contributed by atoms with Crippen molar-refractivity contribution in [3.8, 4) is 11.5 Å². The Morgan fingerprint density at radius 3 is 2.96 bits per heavy atom. The van der Waals surface area contributed by atoms with E-state index in [1.54, 1.807) is 0 Å². The molecule has 1 heterocycles. The van der Waals surface area contributed by atoms with Crippen LogP contribution in [0.2, 0.25) is 0 Å². The van der Waals surface area contributed by atoms with Gasteiger partial charge >= 0.3 is 0 Å². The number of unbranched alkanes of at least 4 members (excludes halogenated alkanes) is 1. The molecule has 0 spiro atoms. The lowest BCUT2D eigenvalue weighted by atomic mass is 10.2. The van der Waals surface area contributed by atoms with Crippen LogP contribution < -0.4 is 4.74 Å². The Morgan fingerprint density at radius 2 is 2.33 bits per heavy atom. The lowest BCUT2D eigenvalue weighted by Crippen LogP contribution is -2.00. The molecule has 0 bridgehead atoms. The van der Waals surface area contributed by atoms with E-state index in [4.69, 9.17) is 17.0 Å². The Kier molecular flexibility index (Phi) is 5.64. The number of nitrogens with zero attached hydrogens (tertiary/aromatic N) is 4. The third-order valence-corrected chi connectivity index (χ3v) is 3.57. The largest absolute Gasteiger partial charge is 0.504 e. The van der Waals surface area contributed by atoms with E-state index in [2.05, 4.69) is 22.2 Å². The van der Waals surface area contributed by atoms with Crippen molar-refractivity contribution in [2.24, 2.45) is 5.10 Å². The number of nitrogens with one attached hydrogen (secondary N) is 1. The van der Waals surface area contributed by atoms with Gasteiger partial charge in [0.25, 0.3) is 5.69 Å². The van der Waals surface area contributed by atoms with Crippen LogP contribution >= 0.6 is 12.2 Å². The zero-order valence-corrected chi connectivity index (χ0v) is 14.0. The number of rotatable bonds is 7. The van der Waals surface area contributed by atoms with Gasteiger partial charge in [0.1, 0.15) is 0 Å². The number of methoxy groups -OCH3 is 1. The molecular formula is C14H17N5O4S. The van der Waals surface area contributed by atoms with Crippen LogP contribution in [0.15, 0.2) is 17.2 Å². The number of nitro benzene ring substituents is 1. The molecule has 2 aromatic rings.